The molecule has 0 saturated heterocycles. The van der Waals surface area contributed by atoms with E-state index in [9.17, 15) is 14.7 Å². The lowest BCUT2D eigenvalue weighted by Crippen LogP contribution is -2.20. The van der Waals surface area contributed by atoms with E-state index < -0.39 is 11.8 Å². The fourth-order valence-electron chi connectivity index (χ4n) is 3.11. The van der Waals surface area contributed by atoms with Crippen molar-refractivity contribution in [3.8, 4) is 5.69 Å². The van der Waals surface area contributed by atoms with Crippen molar-refractivity contribution in [1.29, 1.82) is 0 Å². The molecular weight excluding hydrogens is 356 g/mol. The van der Waals surface area contributed by atoms with E-state index in [1.54, 1.807) is 60.5 Å². The van der Waals surface area contributed by atoms with Crippen LogP contribution < -0.4 is 5.32 Å². The van der Waals surface area contributed by atoms with Crippen molar-refractivity contribution in [2.45, 2.75) is 13.8 Å². The summed E-state index contributed by atoms with van der Waals surface area (Å²) < 4.78 is 1.59. The number of aromatic nitrogens is 3. The third-order valence-corrected chi connectivity index (χ3v) is 4.27. The van der Waals surface area contributed by atoms with Crippen LogP contribution in [0.2, 0.25) is 0 Å². The van der Waals surface area contributed by atoms with Gasteiger partial charge in [0.25, 0.3) is 0 Å². The second-order valence-electron chi connectivity index (χ2n) is 6.41. The van der Waals surface area contributed by atoms with Gasteiger partial charge >= 0.3 is 5.97 Å². The predicted octanol–water partition coefficient (Wildman–Crippen LogP) is 2.78. The highest BCUT2D eigenvalue weighted by molar-refractivity contribution is 6.28. The lowest BCUT2D eigenvalue weighted by Gasteiger charge is -2.13. The second kappa shape index (κ2) is 7.87. The molecule has 0 fully saturated rings. The molecule has 0 bridgehead atoms. The quantitative estimate of drug-likeness (QED) is 0.297. The number of Topliss-reactive ketones (excluding diaryl/α,β-unsaturated/α-hetero) is 1. The maximum atomic E-state index is 13.0. The average molecular weight is 376 g/mol. The number of carboxylic acids is 1. The van der Waals surface area contributed by atoms with Gasteiger partial charge in [-0.2, -0.15) is 0 Å². The SMILES string of the molecule is CNC(=C(C(=O)O)C(=O)c1cc(C)cc(C)c1)c1ccc(-n2ccnn2)cc1. The van der Waals surface area contributed by atoms with Crippen molar-refractivity contribution in [3.05, 3.63) is 82.7 Å². The Hall–Kier alpha value is -3.74. The van der Waals surface area contributed by atoms with Crippen LogP contribution in [0.5, 0.6) is 0 Å². The minimum absolute atomic E-state index is 0.252. The van der Waals surface area contributed by atoms with Crippen molar-refractivity contribution in [2.24, 2.45) is 0 Å². The smallest absolute Gasteiger partial charge is 0.341 e. The largest absolute Gasteiger partial charge is 0.477 e. The number of carbonyl (C=O) groups is 2. The Morgan fingerprint density at radius 1 is 1.00 bits per heavy atom. The number of aryl methyl sites for hydroxylation is 2. The van der Waals surface area contributed by atoms with Crippen LogP contribution in [0.25, 0.3) is 11.4 Å². The van der Waals surface area contributed by atoms with E-state index in [1.165, 1.54) is 0 Å². The van der Waals surface area contributed by atoms with Gasteiger partial charge in [-0.05, 0) is 43.7 Å². The Bertz CT molecular complexity index is 1030. The van der Waals surface area contributed by atoms with Crippen molar-refractivity contribution >= 4 is 17.4 Å². The summed E-state index contributed by atoms with van der Waals surface area (Å²) >= 11 is 0. The molecule has 1 aromatic heterocycles. The monoisotopic (exact) mass is 376 g/mol. The molecule has 0 aliphatic heterocycles. The van der Waals surface area contributed by atoms with Crippen LogP contribution >= 0.6 is 0 Å². The number of rotatable bonds is 6. The first kappa shape index (κ1) is 19.0. The summed E-state index contributed by atoms with van der Waals surface area (Å²) in [6.07, 6.45) is 3.27. The molecule has 3 aromatic rings. The lowest BCUT2D eigenvalue weighted by atomic mass is 9.96. The van der Waals surface area contributed by atoms with Gasteiger partial charge in [0, 0.05) is 12.6 Å². The second-order valence-corrected chi connectivity index (χ2v) is 6.41. The first-order chi connectivity index (χ1) is 13.4. The number of hydrogen-bond donors (Lipinski definition) is 2. The Kier molecular flexibility index (Phi) is 5.35. The van der Waals surface area contributed by atoms with E-state index in [2.05, 4.69) is 15.6 Å². The molecule has 0 unspecified atom stereocenters. The topological polar surface area (TPSA) is 97.1 Å². The van der Waals surface area contributed by atoms with Crippen molar-refractivity contribution in [2.75, 3.05) is 7.05 Å². The molecule has 7 heteroatoms. The maximum absolute atomic E-state index is 13.0. The maximum Gasteiger partial charge on any atom is 0.341 e. The van der Waals surface area contributed by atoms with E-state index in [0.29, 0.717) is 11.1 Å². The molecule has 0 atom stereocenters. The van der Waals surface area contributed by atoms with E-state index >= 15 is 0 Å². The summed E-state index contributed by atoms with van der Waals surface area (Å²) in [7, 11) is 1.60. The molecule has 0 radical (unpaired) electrons. The molecule has 7 nitrogen and oxygen atoms in total. The van der Waals surface area contributed by atoms with Gasteiger partial charge < -0.3 is 10.4 Å². The highest BCUT2D eigenvalue weighted by Crippen LogP contribution is 2.22. The first-order valence-electron chi connectivity index (χ1n) is 8.66. The zero-order chi connectivity index (χ0) is 20.3. The van der Waals surface area contributed by atoms with Crippen molar-refractivity contribution < 1.29 is 14.7 Å². The number of carboxylic acid groups (broad SMARTS) is 1. The minimum atomic E-state index is -1.28. The van der Waals surface area contributed by atoms with Gasteiger partial charge in [-0.15, -0.1) is 5.10 Å². The number of benzene rings is 2. The fourth-order valence-corrected chi connectivity index (χ4v) is 3.11. The fraction of sp³-hybridized carbons (Fsp3) is 0.143. The molecule has 0 aliphatic carbocycles. The average Bonchev–Trinajstić information content (AvgIpc) is 3.19. The van der Waals surface area contributed by atoms with Gasteiger partial charge in [0.15, 0.2) is 0 Å². The van der Waals surface area contributed by atoms with Gasteiger partial charge in [0.2, 0.25) is 5.78 Å². The molecular formula is C21H20N4O3. The summed E-state index contributed by atoms with van der Waals surface area (Å²) in [5.41, 5.74) is 3.45. The first-order valence-corrected chi connectivity index (χ1v) is 8.66. The van der Waals surface area contributed by atoms with Crippen molar-refractivity contribution in [1.82, 2.24) is 20.3 Å². The molecule has 142 valence electrons. The Morgan fingerprint density at radius 2 is 1.64 bits per heavy atom. The van der Waals surface area contributed by atoms with Gasteiger partial charge in [-0.1, -0.05) is 34.5 Å². The lowest BCUT2D eigenvalue weighted by molar-refractivity contribution is -0.132. The molecule has 3 rings (SSSR count). The number of ketones is 1. The molecule has 28 heavy (non-hydrogen) atoms. The number of hydrogen-bond acceptors (Lipinski definition) is 5. The summed E-state index contributed by atoms with van der Waals surface area (Å²) in [4.78, 5) is 25.0. The van der Waals surface area contributed by atoms with E-state index in [4.69, 9.17) is 0 Å². The van der Waals surface area contributed by atoms with Gasteiger partial charge in [0.1, 0.15) is 5.57 Å². The molecule has 1 heterocycles. The zero-order valence-electron chi connectivity index (χ0n) is 15.8. The standard InChI is InChI=1S/C21H20N4O3/c1-13-10-14(2)12-16(11-13)20(26)18(21(27)28)19(22-3)15-4-6-17(7-5-15)25-9-8-23-24-25/h4-12,22H,1-3H3,(H,27,28). The Balaban J connectivity index is 2.08. The van der Waals surface area contributed by atoms with E-state index in [1.807, 2.05) is 19.9 Å². The third kappa shape index (κ3) is 3.83. The number of aliphatic carboxylic acids is 1. The van der Waals surface area contributed by atoms with Crippen LogP contribution in [0, 0.1) is 13.8 Å². The molecule has 0 amide bonds. The predicted molar refractivity (Wildman–Crippen MR) is 105 cm³/mol. The van der Waals surface area contributed by atoms with Crippen LogP contribution in [-0.2, 0) is 4.79 Å². The number of nitrogens with zero attached hydrogens (tertiary/aromatic N) is 3. The normalized spacial score (nSPS) is 11.7. The molecule has 2 aromatic carbocycles. The highest BCUT2D eigenvalue weighted by atomic mass is 16.4. The summed E-state index contributed by atoms with van der Waals surface area (Å²) in [5, 5.41) is 20.3. The summed E-state index contributed by atoms with van der Waals surface area (Å²) in [6.45, 7) is 3.74. The van der Waals surface area contributed by atoms with E-state index in [0.717, 1.165) is 16.8 Å². The number of nitrogens with one attached hydrogen (secondary N) is 1. The van der Waals surface area contributed by atoms with Crippen LogP contribution in [0.15, 0.2) is 60.4 Å². The Labute approximate surface area is 162 Å². The third-order valence-electron chi connectivity index (χ3n) is 4.27. The summed E-state index contributed by atoms with van der Waals surface area (Å²) in [6, 6.07) is 12.4. The molecule has 2 N–H and O–H groups in total. The van der Waals surface area contributed by atoms with Crippen LogP contribution in [-0.4, -0.2) is 38.9 Å². The molecule has 0 aliphatic rings. The zero-order valence-corrected chi connectivity index (χ0v) is 15.8. The van der Waals surface area contributed by atoms with Crippen molar-refractivity contribution in [3.63, 3.8) is 0 Å². The van der Waals surface area contributed by atoms with Crippen LogP contribution in [0.4, 0.5) is 0 Å². The van der Waals surface area contributed by atoms with Crippen LogP contribution in [0.3, 0.4) is 0 Å². The van der Waals surface area contributed by atoms with Gasteiger partial charge in [-0.25, -0.2) is 9.48 Å². The molecule has 0 spiro atoms. The van der Waals surface area contributed by atoms with E-state index in [-0.39, 0.29) is 11.3 Å². The Morgan fingerprint density at radius 3 is 2.14 bits per heavy atom. The molecule has 0 saturated carbocycles. The minimum Gasteiger partial charge on any atom is -0.477 e. The number of carbonyl (C=O) groups excluding carboxylic acids is 1. The highest BCUT2D eigenvalue weighted by Gasteiger charge is 2.25. The van der Waals surface area contributed by atoms with Gasteiger partial charge in [0.05, 0.1) is 23.8 Å². The van der Waals surface area contributed by atoms with Gasteiger partial charge in [-0.3, -0.25) is 4.79 Å². The van der Waals surface area contributed by atoms with Crippen LogP contribution in [0.1, 0.15) is 27.0 Å². The summed E-state index contributed by atoms with van der Waals surface area (Å²) in [5.74, 6) is -1.82.